The first-order chi connectivity index (χ1) is 20.6. The number of carbonyl (C=O) groups is 1. The third-order valence-corrected chi connectivity index (χ3v) is 10.1. The summed E-state index contributed by atoms with van der Waals surface area (Å²) in [6, 6.07) is 13.4. The molecule has 0 unspecified atom stereocenters. The minimum Gasteiger partial charge on any atom is -0.495 e. The Morgan fingerprint density at radius 3 is 2.62 bits per heavy atom. The molecule has 2 heterocycles. The Kier molecular flexibility index (Phi) is 9.18. The molecule has 8 heteroatoms. The topological polar surface area (TPSA) is 74.9 Å². The molecule has 2 aromatic carbocycles. The molecule has 0 radical (unpaired) electrons. The lowest BCUT2D eigenvalue weighted by atomic mass is 9.89. The number of carbonyl (C=O) groups excluding carboxylic acids is 1. The highest BCUT2D eigenvalue weighted by Crippen LogP contribution is 2.42. The molecule has 0 spiro atoms. The molecular weight excluding hydrogens is 544 g/mol. The molecule has 1 amide bonds. The first kappa shape index (κ1) is 28.9. The lowest BCUT2D eigenvalue weighted by molar-refractivity contribution is 0.00791. The van der Waals surface area contributed by atoms with Crippen molar-refractivity contribution in [2.75, 3.05) is 57.6 Å². The zero-order chi connectivity index (χ0) is 28.9. The molecule has 7 nitrogen and oxygen atoms in total. The number of methoxy groups -OCH3 is 1. The second-order valence-electron chi connectivity index (χ2n) is 11.7. The van der Waals surface area contributed by atoms with Crippen molar-refractivity contribution in [2.45, 2.75) is 57.0 Å². The van der Waals surface area contributed by atoms with Crippen LogP contribution in [0.4, 0.5) is 11.4 Å². The molecule has 1 aliphatic heterocycles. The Hall–Kier alpha value is -3.25. The van der Waals surface area contributed by atoms with E-state index in [4.69, 9.17) is 9.47 Å². The van der Waals surface area contributed by atoms with Crippen LogP contribution < -0.4 is 20.7 Å². The van der Waals surface area contributed by atoms with Crippen molar-refractivity contribution in [1.29, 1.82) is 0 Å². The van der Waals surface area contributed by atoms with Gasteiger partial charge in [-0.15, -0.1) is 11.3 Å². The fourth-order valence-corrected chi connectivity index (χ4v) is 7.52. The lowest BCUT2D eigenvalue weighted by Crippen LogP contribution is -2.46. The molecule has 3 N–H and O–H groups in total. The number of ether oxygens (including phenoxy) is 2. The summed E-state index contributed by atoms with van der Waals surface area (Å²) in [7, 11) is 3.24. The predicted octanol–water partition coefficient (Wildman–Crippen LogP) is 5.74. The third kappa shape index (κ3) is 6.70. The number of amides is 1. The Bertz CT molecular complexity index is 1460. The normalized spacial score (nSPS) is 20.9. The summed E-state index contributed by atoms with van der Waals surface area (Å²) >= 11 is 1.84. The van der Waals surface area contributed by atoms with E-state index in [2.05, 4.69) is 50.9 Å². The minimum absolute atomic E-state index is 0.137. The third-order valence-electron chi connectivity index (χ3n) is 8.89. The van der Waals surface area contributed by atoms with Crippen molar-refractivity contribution in [3.8, 4) is 17.6 Å². The van der Waals surface area contributed by atoms with Crippen molar-refractivity contribution in [3.05, 3.63) is 52.4 Å². The first-order valence-corrected chi connectivity index (χ1v) is 16.2. The first-order valence-electron chi connectivity index (χ1n) is 15.4. The van der Waals surface area contributed by atoms with E-state index in [1.807, 2.05) is 17.4 Å². The number of rotatable bonds is 9. The Morgan fingerprint density at radius 1 is 1.07 bits per heavy atom. The Labute approximate surface area is 253 Å². The van der Waals surface area contributed by atoms with Crippen LogP contribution in [0, 0.1) is 17.8 Å². The van der Waals surface area contributed by atoms with Crippen LogP contribution in [0.2, 0.25) is 0 Å². The van der Waals surface area contributed by atoms with Crippen LogP contribution in [0.1, 0.15) is 59.3 Å². The number of morpholine rings is 1. The maximum Gasteiger partial charge on any atom is 0.251 e. The van der Waals surface area contributed by atoms with Crippen LogP contribution in [0.15, 0.2) is 36.4 Å². The highest BCUT2D eigenvalue weighted by atomic mass is 32.1. The number of hydrogen-bond donors (Lipinski definition) is 3. The summed E-state index contributed by atoms with van der Waals surface area (Å²) in [6.45, 7) is 4.41. The monoisotopic (exact) mass is 586 g/mol. The molecule has 222 valence electrons. The molecule has 2 aliphatic carbocycles. The summed E-state index contributed by atoms with van der Waals surface area (Å²) in [6.07, 6.45) is 8.70. The van der Waals surface area contributed by atoms with Crippen molar-refractivity contribution in [2.24, 2.45) is 5.92 Å². The molecule has 0 atom stereocenters. The quantitative estimate of drug-likeness (QED) is 0.278. The Balaban J connectivity index is 1.15. The average Bonchev–Trinajstić information content (AvgIpc) is 3.80. The minimum atomic E-state index is -0.137. The maximum atomic E-state index is 12.0. The van der Waals surface area contributed by atoms with Gasteiger partial charge in [-0.2, -0.15) is 0 Å². The van der Waals surface area contributed by atoms with E-state index in [1.165, 1.54) is 64.7 Å². The van der Waals surface area contributed by atoms with Gasteiger partial charge in [0.25, 0.3) is 5.91 Å². The maximum absolute atomic E-state index is 12.0. The summed E-state index contributed by atoms with van der Waals surface area (Å²) < 4.78 is 12.4. The van der Waals surface area contributed by atoms with E-state index in [9.17, 15) is 4.79 Å². The van der Waals surface area contributed by atoms with Gasteiger partial charge < -0.3 is 25.4 Å². The predicted molar refractivity (Wildman–Crippen MR) is 172 cm³/mol. The van der Waals surface area contributed by atoms with Crippen molar-refractivity contribution < 1.29 is 14.3 Å². The standard InChI is InChI=1S/C34H42N4O3S/c1-35-34(39)24-10-15-29(31(22-24)40-2)36-16-4-7-32-28(21-23-8-9-23)27-5-3-6-30(33(27)42-32)37-25-11-13-26(14-12-25)38-17-19-41-20-18-38/h3,5-6,10,15,22-23,25-26,36-37H,8-9,11-14,16-21H2,1-2H3,(H,35,39). The molecule has 42 heavy (non-hydrogen) atoms. The van der Waals surface area contributed by atoms with E-state index in [0.717, 1.165) is 44.3 Å². The zero-order valence-electron chi connectivity index (χ0n) is 24.8. The number of nitrogens with zero attached hydrogens (tertiary/aromatic N) is 1. The number of nitrogens with one attached hydrogen (secondary N) is 3. The second-order valence-corrected chi connectivity index (χ2v) is 12.7. The summed E-state index contributed by atoms with van der Waals surface area (Å²) in [4.78, 5) is 15.8. The summed E-state index contributed by atoms with van der Waals surface area (Å²) in [5.74, 6) is 8.16. The van der Waals surface area contributed by atoms with E-state index in [-0.39, 0.29) is 5.91 Å². The van der Waals surface area contributed by atoms with Crippen molar-refractivity contribution >= 4 is 38.7 Å². The molecule has 1 aromatic heterocycles. The van der Waals surface area contributed by atoms with Gasteiger partial charge in [-0.1, -0.05) is 24.0 Å². The lowest BCUT2D eigenvalue weighted by Gasteiger charge is -2.39. The number of benzene rings is 2. The van der Waals surface area contributed by atoms with Crippen LogP contribution >= 0.6 is 11.3 Å². The summed E-state index contributed by atoms with van der Waals surface area (Å²) in [5.41, 5.74) is 4.06. The molecule has 3 aliphatic rings. The zero-order valence-corrected chi connectivity index (χ0v) is 25.6. The molecule has 2 saturated carbocycles. The number of anilines is 2. The number of hydrogen-bond acceptors (Lipinski definition) is 7. The van der Waals surface area contributed by atoms with Crippen LogP contribution in [0.3, 0.4) is 0 Å². The van der Waals surface area contributed by atoms with Gasteiger partial charge in [0.1, 0.15) is 5.75 Å². The van der Waals surface area contributed by atoms with Gasteiger partial charge in [0, 0.05) is 37.8 Å². The fourth-order valence-electron chi connectivity index (χ4n) is 6.33. The molecule has 6 rings (SSSR count). The van der Waals surface area contributed by atoms with Crippen molar-refractivity contribution in [3.63, 3.8) is 0 Å². The highest BCUT2D eigenvalue weighted by Gasteiger charge is 2.28. The van der Waals surface area contributed by atoms with Crippen LogP contribution in [0.5, 0.6) is 5.75 Å². The van der Waals surface area contributed by atoms with E-state index >= 15 is 0 Å². The molecule has 3 aromatic rings. The van der Waals surface area contributed by atoms with Gasteiger partial charge in [0.15, 0.2) is 0 Å². The van der Waals surface area contributed by atoms with E-state index in [1.54, 1.807) is 26.3 Å². The second kappa shape index (κ2) is 13.4. The van der Waals surface area contributed by atoms with Crippen molar-refractivity contribution in [1.82, 2.24) is 10.2 Å². The highest BCUT2D eigenvalue weighted by molar-refractivity contribution is 7.20. The van der Waals surface area contributed by atoms with E-state index in [0.29, 0.717) is 29.9 Å². The summed E-state index contributed by atoms with van der Waals surface area (Å²) in [5, 5.41) is 11.3. The van der Waals surface area contributed by atoms with Crippen LogP contribution in [-0.4, -0.2) is 69.9 Å². The van der Waals surface area contributed by atoms with Crippen LogP contribution in [-0.2, 0) is 11.2 Å². The number of fused-ring (bicyclic) bond motifs is 1. The van der Waals surface area contributed by atoms with Gasteiger partial charge in [-0.05, 0) is 86.1 Å². The molecular formula is C34H42N4O3S. The molecule has 1 saturated heterocycles. The largest absolute Gasteiger partial charge is 0.495 e. The fraction of sp³-hybridized carbons (Fsp3) is 0.500. The van der Waals surface area contributed by atoms with Gasteiger partial charge in [-0.25, -0.2) is 0 Å². The van der Waals surface area contributed by atoms with Crippen LogP contribution in [0.25, 0.3) is 10.1 Å². The average molecular weight is 587 g/mol. The van der Waals surface area contributed by atoms with Gasteiger partial charge in [0.2, 0.25) is 0 Å². The van der Waals surface area contributed by atoms with Gasteiger partial charge in [0.05, 0.1) is 47.8 Å². The SMILES string of the molecule is CNC(=O)c1ccc(NCC#Cc2sc3c(NC4CCC(N5CCOCC5)CC4)cccc3c2CC2CC2)c(OC)c1. The van der Waals surface area contributed by atoms with Gasteiger partial charge >= 0.3 is 0 Å². The molecule has 3 fully saturated rings. The molecule has 0 bridgehead atoms. The Morgan fingerprint density at radius 2 is 1.88 bits per heavy atom. The van der Waals surface area contributed by atoms with E-state index < -0.39 is 0 Å². The van der Waals surface area contributed by atoms with Gasteiger partial charge in [-0.3, -0.25) is 9.69 Å². The number of thiophene rings is 1. The smallest absolute Gasteiger partial charge is 0.251 e.